The van der Waals surface area contributed by atoms with Crippen molar-refractivity contribution in [3.8, 4) is 11.1 Å². The number of hydrogen-bond acceptors (Lipinski definition) is 5. The van der Waals surface area contributed by atoms with Gasteiger partial charge >= 0.3 is 0 Å². The molecule has 0 saturated carbocycles. The lowest BCUT2D eigenvalue weighted by molar-refractivity contribution is 0.0696. The van der Waals surface area contributed by atoms with E-state index >= 15 is 0 Å². The molecule has 4 aromatic rings. The zero-order valence-electron chi connectivity index (χ0n) is 19.9. The highest BCUT2D eigenvalue weighted by atomic mass is 19.2. The topological polar surface area (TPSA) is 56.3 Å². The summed E-state index contributed by atoms with van der Waals surface area (Å²) in [6, 6.07) is 10.8. The van der Waals surface area contributed by atoms with E-state index in [9.17, 15) is 8.78 Å². The number of nitrogens with zero attached hydrogens (tertiary/aromatic N) is 4. The third-order valence-corrected chi connectivity index (χ3v) is 7.38. The lowest BCUT2D eigenvalue weighted by atomic mass is 10.0. The molecule has 0 aliphatic carbocycles. The van der Waals surface area contributed by atoms with Crippen LogP contribution in [0.15, 0.2) is 40.9 Å². The van der Waals surface area contributed by atoms with Crippen molar-refractivity contribution in [1.29, 1.82) is 0 Å². The molecular formula is C27H28F2N4O2. The number of anilines is 1. The molecule has 2 saturated heterocycles. The summed E-state index contributed by atoms with van der Waals surface area (Å²) in [7, 11) is 0. The van der Waals surface area contributed by atoms with Gasteiger partial charge in [-0.15, -0.1) is 0 Å². The maximum atomic E-state index is 14.1. The number of imidazole rings is 1. The van der Waals surface area contributed by atoms with Crippen LogP contribution in [-0.2, 0) is 4.74 Å². The predicted octanol–water partition coefficient (Wildman–Crippen LogP) is 6.28. The Labute approximate surface area is 202 Å². The Bertz CT molecular complexity index is 1370. The Morgan fingerprint density at radius 3 is 2.54 bits per heavy atom. The van der Waals surface area contributed by atoms with Crippen LogP contribution >= 0.6 is 0 Å². The fourth-order valence-corrected chi connectivity index (χ4v) is 5.74. The lowest BCUT2D eigenvalue weighted by Crippen LogP contribution is -2.28. The van der Waals surface area contributed by atoms with E-state index in [2.05, 4.69) is 32.8 Å². The molecule has 0 bridgehead atoms. The molecule has 2 aromatic carbocycles. The number of rotatable bonds is 4. The van der Waals surface area contributed by atoms with Crippen molar-refractivity contribution >= 4 is 16.7 Å². The molecule has 2 aliphatic heterocycles. The summed E-state index contributed by atoms with van der Waals surface area (Å²) in [4.78, 5) is 7.34. The van der Waals surface area contributed by atoms with E-state index in [1.165, 1.54) is 12.1 Å². The number of benzene rings is 2. The van der Waals surface area contributed by atoms with Gasteiger partial charge in [0.05, 0.1) is 22.8 Å². The van der Waals surface area contributed by atoms with Crippen LogP contribution in [0.5, 0.6) is 0 Å². The van der Waals surface area contributed by atoms with Gasteiger partial charge in [-0.1, -0.05) is 11.2 Å². The summed E-state index contributed by atoms with van der Waals surface area (Å²) >= 11 is 0. The minimum Gasteiger partial charge on any atom is -0.381 e. The number of hydrogen-bond donors (Lipinski definition) is 0. The van der Waals surface area contributed by atoms with Crippen LogP contribution in [0.25, 0.3) is 22.2 Å². The highest BCUT2D eigenvalue weighted by molar-refractivity contribution is 5.84. The van der Waals surface area contributed by atoms with Gasteiger partial charge in [0.25, 0.3) is 0 Å². The van der Waals surface area contributed by atoms with Crippen molar-refractivity contribution in [1.82, 2.24) is 14.7 Å². The average Bonchev–Trinajstić information content (AvgIpc) is 3.57. The van der Waals surface area contributed by atoms with Crippen LogP contribution in [-0.4, -0.2) is 34.5 Å². The molecule has 1 atom stereocenters. The Morgan fingerprint density at radius 1 is 0.971 bits per heavy atom. The number of fused-ring (bicyclic) bond motifs is 1. The van der Waals surface area contributed by atoms with Gasteiger partial charge in [-0.25, -0.2) is 13.8 Å². The van der Waals surface area contributed by atoms with Gasteiger partial charge in [-0.05, 0) is 69.4 Å². The van der Waals surface area contributed by atoms with Crippen LogP contribution in [0.1, 0.15) is 55.0 Å². The van der Waals surface area contributed by atoms with Crippen molar-refractivity contribution in [2.75, 3.05) is 24.7 Å². The molecule has 2 aliphatic rings. The standard InChI is InChI=1S/C27H28F2N4O2/c1-16-26(17(2)35-31-16)18-5-8-24-23(14-18)30-27(33(24)19-9-12-34-13-10-19)25-4-3-11-32(25)20-6-7-21(28)22(29)15-20/h5-8,14-15,19,25H,3-4,9-13H2,1-2H3/t25-/m0/s1. The quantitative estimate of drug-likeness (QED) is 0.346. The normalized spacial score (nSPS) is 19.2. The van der Waals surface area contributed by atoms with E-state index in [0.29, 0.717) is 5.69 Å². The summed E-state index contributed by atoms with van der Waals surface area (Å²) < 4.78 is 41.1. The largest absolute Gasteiger partial charge is 0.381 e. The fraction of sp³-hybridized carbons (Fsp3) is 0.407. The zero-order chi connectivity index (χ0) is 24.1. The summed E-state index contributed by atoms with van der Waals surface area (Å²) in [5, 5.41) is 4.11. The first-order valence-corrected chi connectivity index (χ1v) is 12.3. The predicted molar refractivity (Wildman–Crippen MR) is 129 cm³/mol. The van der Waals surface area contributed by atoms with Gasteiger partial charge < -0.3 is 18.7 Å². The van der Waals surface area contributed by atoms with E-state index < -0.39 is 11.6 Å². The average molecular weight is 479 g/mol. The maximum absolute atomic E-state index is 14.1. The van der Waals surface area contributed by atoms with E-state index in [-0.39, 0.29) is 12.1 Å². The van der Waals surface area contributed by atoms with Gasteiger partial charge in [0.1, 0.15) is 11.6 Å². The number of aromatic nitrogens is 3. The molecule has 6 nitrogen and oxygen atoms in total. The highest BCUT2D eigenvalue weighted by Crippen LogP contribution is 2.41. The second-order valence-electron chi connectivity index (χ2n) is 9.54. The van der Waals surface area contributed by atoms with Crippen molar-refractivity contribution in [2.24, 2.45) is 0 Å². The minimum atomic E-state index is -0.828. The van der Waals surface area contributed by atoms with Gasteiger partial charge in [0.2, 0.25) is 0 Å². The molecule has 0 amide bonds. The van der Waals surface area contributed by atoms with Crippen molar-refractivity contribution in [2.45, 2.75) is 51.6 Å². The second kappa shape index (κ2) is 8.75. The monoisotopic (exact) mass is 478 g/mol. The summed E-state index contributed by atoms with van der Waals surface area (Å²) in [6.45, 7) is 6.08. The van der Waals surface area contributed by atoms with Gasteiger partial charge in [-0.2, -0.15) is 0 Å². The molecule has 0 radical (unpaired) electrons. The highest BCUT2D eigenvalue weighted by Gasteiger charge is 2.33. The summed E-state index contributed by atoms with van der Waals surface area (Å²) in [5.74, 6) is 0.109. The first kappa shape index (κ1) is 22.2. The van der Waals surface area contributed by atoms with Crippen LogP contribution in [0, 0.1) is 25.5 Å². The molecule has 0 spiro atoms. The lowest BCUT2D eigenvalue weighted by Gasteiger charge is -2.31. The molecule has 35 heavy (non-hydrogen) atoms. The van der Waals surface area contributed by atoms with Crippen LogP contribution in [0.3, 0.4) is 0 Å². The molecule has 4 heterocycles. The molecule has 2 fully saturated rings. The third-order valence-electron chi connectivity index (χ3n) is 7.38. The molecular weight excluding hydrogens is 450 g/mol. The number of ether oxygens (including phenoxy) is 1. The SMILES string of the molecule is Cc1noc(C)c1-c1ccc2c(c1)nc([C@@H]1CCCN1c1ccc(F)c(F)c1)n2C1CCOCC1. The smallest absolute Gasteiger partial charge is 0.160 e. The molecule has 182 valence electrons. The van der Waals surface area contributed by atoms with Gasteiger partial charge in [-0.3, -0.25) is 0 Å². The van der Waals surface area contributed by atoms with E-state index in [1.54, 1.807) is 6.07 Å². The Morgan fingerprint density at radius 2 is 1.80 bits per heavy atom. The van der Waals surface area contributed by atoms with Crippen LogP contribution in [0.4, 0.5) is 14.5 Å². The third kappa shape index (κ3) is 3.80. The minimum absolute atomic E-state index is 0.0161. The first-order valence-electron chi connectivity index (χ1n) is 12.3. The van der Waals surface area contributed by atoms with Crippen LogP contribution in [0.2, 0.25) is 0 Å². The number of halogens is 2. The van der Waals surface area contributed by atoms with Crippen molar-refractivity contribution in [3.05, 3.63) is 65.3 Å². The zero-order valence-corrected chi connectivity index (χ0v) is 19.9. The van der Waals surface area contributed by atoms with Crippen molar-refractivity contribution in [3.63, 3.8) is 0 Å². The number of aryl methyl sites for hydroxylation is 2. The molecule has 8 heteroatoms. The molecule has 2 aromatic heterocycles. The van der Waals surface area contributed by atoms with E-state index in [0.717, 1.165) is 84.9 Å². The Kier molecular flexibility index (Phi) is 5.56. The summed E-state index contributed by atoms with van der Waals surface area (Å²) in [6.07, 6.45) is 3.71. The molecule has 0 unspecified atom stereocenters. The van der Waals surface area contributed by atoms with Crippen LogP contribution < -0.4 is 4.90 Å². The van der Waals surface area contributed by atoms with E-state index in [1.807, 2.05) is 13.8 Å². The molecule has 6 rings (SSSR count). The van der Waals surface area contributed by atoms with Gasteiger partial charge in [0, 0.05) is 43.1 Å². The Hall–Kier alpha value is -3.26. The fourth-order valence-electron chi connectivity index (χ4n) is 5.74. The maximum Gasteiger partial charge on any atom is 0.160 e. The van der Waals surface area contributed by atoms with E-state index in [4.69, 9.17) is 14.2 Å². The van der Waals surface area contributed by atoms with Gasteiger partial charge in [0.15, 0.2) is 11.6 Å². The Balaban J connectivity index is 1.48. The molecule has 0 N–H and O–H groups in total. The first-order chi connectivity index (χ1) is 17.0. The second-order valence-corrected chi connectivity index (χ2v) is 9.54. The summed E-state index contributed by atoms with van der Waals surface area (Å²) in [5.41, 5.74) is 5.57. The van der Waals surface area contributed by atoms with Crippen molar-refractivity contribution < 1.29 is 18.0 Å².